The molecule has 21 heavy (non-hydrogen) atoms. The van der Waals surface area contributed by atoms with Gasteiger partial charge in [0, 0.05) is 12.3 Å². The van der Waals surface area contributed by atoms with Crippen molar-refractivity contribution in [2.45, 2.75) is 44.0 Å². The lowest BCUT2D eigenvalue weighted by atomic mass is 10.1. The number of hydrogen-bond acceptors (Lipinski definition) is 4. The van der Waals surface area contributed by atoms with Crippen molar-refractivity contribution in [2.24, 2.45) is 0 Å². The maximum absolute atomic E-state index is 12.3. The molecule has 2 saturated heterocycles. The number of hydrogen-bond donors (Lipinski definition) is 0. The van der Waals surface area contributed by atoms with Crippen molar-refractivity contribution in [2.75, 3.05) is 12.3 Å². The quantitative estimate of drug-likeness (QED) is 0.859. The Morgan fingerprint density at radius 3 is 2.95 bits per heavy atom. The monoisotopic (exact) mass is 307 g/mol. The number of carbonyl (C=O) groups is 1. The zero-order valence-electron chi connectivity index (χ0n) is 12.2. The van der Waals surface area contributed by atoms with E-state index in [2.05, 4.69) is 6.92 Å². The molecule has 0 aromatic heterocycles. The summed E-state index contributed by atoms with van der Waals surface area (Å²) in [6.07, 6.45) is 1.98. The lowest BCUT2D eigenvalue weighted by Gasteiger charge is -2.28. The predicted octanol–water partition coefficient (Wildman–Crippen LogP) is 3.27. The number of nitrogens with zero attached hydrogens (tertiary/aromatic N) is 1. The first-order valence-electron chi connectivity index (χ1n) is 7.48. The van der Waals surface area contributed by atoms with Crippen LogP contribution >= 0.6 is 11.8 Å². The zero-order valence-corrected chi connectivity index (χ0v) is 13.1. The summed E-state index contributed by atoms with van der Waals surface area (Å²) in [6, 6.07) is 9.96. The molecule has 2 aliphatic rings. The molecule has 2 fully saturated rings. The van der Waals surface area contributed by atoms with Crippen LogP contribution in [0.1, 0.15) is 25.3 Å². The summed E-state index contributed by atoms with van der Waals surface area (Å²) < 4.78 is 11.4. The van der Waals surface area contributed by atoms with Gasteiger partial charge in [0.05, 0.1) is 12.1 Å². The van der Waals surface area contributed by atoms with Crippen molar-refractivity contribution in [3.63, 3.8) is 0 Å². The Hall–Kier alpha value is -1.20. The third kappa shape index (κ3) is 3.52. The standard InChI is InChI=1S/C16H21NO3S/c1-12-20-15(11-21-12)14-8-5-9-17(14)16(18)19-10-13-6-3-2-4-7-13/h2-4,6-7,12,14-15H,5,8-11H2,1H3/t12?,14-,15-/m1/s1. The lowest BCUT2D eigenvalue weighted by molar-refractivity contribution is 0.0131. The van der Waals surface area contributed by atoms with E-state index in [1.807, 2.05) is 47.0 Å². The summed E-state index contributed by atoms with van der Waals surface area (Å²) >= 11 is 1.82. The second-order valence-corrected chi connectivity index (χ2v) is 6.85. The van der Waals surface area contributed by atoms with Gasteiger partial charge in [-0.2, -0.15) is 0 Å². The van der Waals surface area contributed by atoms with Gasteiger partial charge in [0.25, 0.3) is 0 Å². The summed E-state index contributed by atoms with van der Waals surface area (Å²) in [6.45, 7) is 3.18. The molecular formula is C16H21NO3S. The highest BCUT2D eigenvalue weighted by Gasteiger charge is 2.39. The molecule has 3 atom stereocenters. The Morgan fingerprint density at radius 1 is 1.43 bits per heavy atom. The van der Waals surface area contributed by atoms with Crippen molar-refractivity contribution in [1.82, 2.24) is 4.90 Å². The normalized spacial score (nSPS) is 28.8. The number of thioether (sulfide) groups is 1. The van der Waals surface area contributed by atoms with Crippen molar-refractivity contribution >= 4 is 17.9 Å². The van der Waals surface area contributed by atoms with Crippen LogP contribution in [0.25, 0.3) is 0 Å². The van der Waals surface area contributed by atoms with Crippen LogP contribution < -0.4 is 0 Å². The van der Waals surface area contributed by atoms with Crippen LogP contribution in [0.4, 0.5) is 4.79 Å². The van der Waals surface area contributed by atoms with E-state index < -0.39 is 0 Å². The first kappa shape index (κ1) is 14.7. The minimum atomic E-state index is -0.213. The van der Waals surface area contributed by atoms with Crippen molar-refractivity contribution in [1.29, 1.82) is 0 Å². The van der Waals surface area contributed by atoms with Gasteiger partial charge in [-0.3, -0.25) is 0 Å². The molecule has 4 nitrogen and oxygen atoms in total. The van der Waals surface area contributed by atoms with E-state index in [-0.39, 0.29) is 23.7 Å². The molecule has 0 N–H and O–H groups in total. The molecule has 0 aliphatic carbocycles. The molecule has 2 heterocycles. The summed E-state index contributed by atoms with van der Waals surface area (Å²) in [7, 11) is 0. The molecule has 0 saturated carbocycles. The number of carbonyl (C=O) groups excluding carboxylic acids is 1. The Morgan fingerprint density at radius 2 is 2.24 bits per heavy atom. The molecule has 0 bridgehead atoms. The van der Waals surface area contributed by atoms with E-state index in [0.29, 0.717) is 6.61 Å². The summed E-state index contributed by atoms with van der Waals surface area (Å²) in [5.41, 5.74) is 1.25. The molecular weight excluding hydrogens is 286 g/mol. The van der Waals surface area contributed by atoms with E-state index in [1.54, 1.807) is 0 Å². The van der Waals surface area contributed by atoms with E-state index in [0.717, 1.165) is 30.7 Å². The Labute approximate surface area is 129 Å². The molecule has 3 rings (SSSR count). The molecule has 1 amide bonds. The average molecular weight is 307 g/mol. The third-order valence-electron chi connectivity index (χ3n) is 4.03. The van der Waals surface area contributed by atoms with Crippen LogP contribution in [0.15, 0.2) is 30.3 Å². The highest BCUT2D eigenvalue weighted by Crippen LogP contribution is 2.32. The van der Waals surface area contributed by atoms with E-state index in [9.17, 15) is 4.79 Å². The zero-order chi connectivity index (χ0) is 14.7. The molecule has 5 heteroatoms. The van der Waals surface area contributed by atoms with Crippen LogP contribution in [0.3, 0.4) is 0 Å². The highest BCUT2D eigenvalue weighted by molar-refractivity contribution is 8.00. The average Bonchev–Trinajstić information content (AvgIpc) is 3.14. The van der Waals surface area contributed by atoms with Crippen LogP contribution in [0.5, 0.6) is 0 Å². The van der Waals surface area contributed by atoms with Gasteiger partial charge in [0.1, 0.15) is 12.0 Å². The van der Waals surface area contributed by atoms with E-state index in [1.165, 1.54) is 0 Å². The molecule has 1 aromatic rings. The van der Waals surface area contributed by atoms with Gasteiger partial charge in [-0.05, 0) is 25.3 Å². The van der Waals surface area contributed by atoms with Gasteiger partial charge in [0.2, 0.25) is 0 Å². The fourth-order valence-corrected chi connectivity index (χ4v) is 3.95. The summed E-state index contributed by atoms with van der Waals surface area (Å²) in [4.78, 5) is 14.2. The number of benzene rings is 1. The minimum absolute atomic E-state index is 0.150. The number of amides is 1. The lowest BCUT2D eigenvalue weighted by Crippen LogP contribution is -2.44. The molecule has 0 spiro atoms. The third-order valence-corrected chi connectivity index (χ3v) is 5.13. The molecule has 2 aliphatic heterocycles. The first-order chi connectivity index (χ1) is 10.2. The van der Waals surface area contributed by atoms with Crippen molar-refractivity contribution < 1.29 is 14.3 Å². The second kappa shape index (κ2) is 6.71. The number of likely N-dealkylation sites (tertiary alicyclic amines) is 1. The number of rotatable bonds is 3. The van der Waals surface area contributed by atoms with E-state index in [4.69, 9.17) is 9.47 Å². The SMILES string of the molecule is CC1O[C@@H]([C@H]2CCCN2C(=O)OCc2ccccc2)CS1. The fourth-order valence-electron chi connectivity index (χ4n) is 2.96. The van der Waals surface area contributed by atoms with Gasteiger partial charge < -0.3 is 14.4 Å². The summed E-state index contributed by atoms with van der Waals surface area (Å²) in [5.74, 6) is 0.967. The van der Waals surface area contributed by atoms with Crippen molar-refractivity contribution in [3.05, 3.63) is 35.9 Å². The Balaban J connectivity index is 1.56. The highest BCUT2D eigenvalue weighted by atomic mass is 32.2. The molecule has 1 unspecified atom stereocenters. The first-order valence-corrected chi connectivity index (χ1v) is 8.53. The topological polar surface area (TPSA) is 38.8 Å². The van der Waals surface area contributed by atoms with Crippen LogP contribution in [0, 0.1) is 0 Å². The van der Waals surface area contributed by atoms with Gasteiger partial charge in [-0.1, -0.05) is 30.3 Å². The maximum atomic E-state index is 12.3. The van der Waals surface area contributed by atoms with Crippen LogP contribution in [-0.4, -0.2) is 40.9 Å². The summed E-state index contributed by atoms with van der Waals surface area (Å²) in [5, 5.41) is 0. The smallest absolute Gasteiger partial charge is 0.410 e. The molecule has 1 aromatic carbocycles. The molecule has 0 radical (unpaired) electrons. The van der Waals surface area contributed by atoms with E-state index >= 15 is 0 Å². The Bertz CT molecular complexity index is 482. The largest absolute Gasteiger partial charge is 0.445 e. The Kier molecular flexibility index (Phi) is 4.70. The van der Waals surface area contributed by atoms with Crippen LogP contribution in [0.2, 0.25) is 0 Å². The van der Waals surface area contributed by atoms with Gasteiger partial charge >= 0.3 is 6.09 Å². The van der Waals surface area contributed by atoms with Crippen molar-refractivity contribution in [3.8, 4) is 0 Å². The number of ether oxygens (including phenoxy) is 2. The maximum Gasteiger partial charge on any atom is 0.410 e. The molecule has 114 valence electrons. The van der Waals surface area contributed by atoms with Crippen LogP contribution in [-0.2, 0) is 16.1 Å². The van der Waals surface area contributed by atoms with Gasteiger partial charge in [-0.25, -0.2) is 4.79 Å². The fraction of sp³-hybridized carbons (Fsp3) is 0.562. The van der Waals surface area contributed by atoms with Gasteiger partial charge in [0.15, 0.2) is 0 Å². The predicted molar refractivity (Wildman–Crippen MR) is 83.1 cm³/mol. The second-order valence-electron chi connectivity index (χ2n) is 5.52. The van der Waals surface area contributed by atoms with Gasteiger partial charge in [-0.15, -0.1) is 11.8 Å². The minimum Gasteiger partial charge on any atom is -0.445 e.